The molecule has 1 aliphatic heterocycles. The van der Waals surface area contributed by atoms with Crippen LogP contribution in [-0.2, 0) is 32.1 Å². The normalized spacial score (nSPS) is 13.2. The number of alkyl halides is 4. The maximum atomic E-state index is 13.5. The third-order valence-electron chi connectivity index (χ3n) is 16.5. The van der Waals surface area contributed by atoms with Gasteiger partial charge in [0.05, 0.1) is 76.9 Å². The molecule has 0 bridgehead atoms. The van der Waals surface area contributed by atoms with E-state index in [-0.39, 0.29) is 84.3 Å². The second-order valence-electron chi connectivity index (χ2n) is 24.9. The number of aryl methyl sites for hydroxylation is 2. The summed E-state index contributed by atoms with van der Waals surface area (Å²) in [5.74, 6) is -0.888. The number of pyridine rings is 4. The Labute approximate surface area is 624 Å². The molecule has 6 aromatic heterocycles. The van der Waals surface area contributed by atoms with E-state index in [2.05, 4.69) is 64.6 Å². The van der Waals surface area contributed by atoms with Crippen LogP contribution in [0, 0.1) is 39.0 Å². The molecule has 1 fully saturated rings. The number of hydrogen-bond acceptors (Lipinski definition) is 16. The summed E-state index contributed by atoms with van der Waals surface area (Å²) >= 11 is 0. The van der Waals surface area contributed by atoms with E-state index in [1.54, 1.807) is 88.8 Å². The number of hydrogen-bond donors (Lipinski definition) is 4. The van der Waals surface area contributed by atoms with Crippen LogP contribution in [0.15, 0.2) is 112 Å². The van der Waals surface area contributed by atoms with Gasteiger partial charge in [-0.1, -0.05) is 48.5 Å². The summed E-state index contributed by atoms with van der Waals surface area (Å²) in [6.45, 7) is 27.8. The van der Waals surface area contributed by atoms with Crippen LogP contribution in [-0.4, -0.2) is 158 Å². The van der Waals surface area contributed by atoms with Crippen molar-refractivity contribution in [2.24, 2.45) is 10.9 Å². The van der Waals surface area contributed by atoms with Crippen molar-refractivity contribution in [3.8, 4) is 17.6 Å². The predicted molar refractivity (Wildman–Crippen MR) is 397 cm³/mol. The maximum absolute atomic E-state index is 13.5. The number of carbonyl (C=O) groups is 3. The van der Waals surface area contributed by atoms with Gasteiger partial charge < -0.3 is 48.9 Å². The number of Topliss-reactive ketones (excluding diaryl/α,β-unsaturated/α-hetero) is 1. The third-order valence-corrected chi connectivity index (χ3v) is 16.5. The van der Waals surface area contributed by atoms with Gasteiger partial charge >= 0.3 is 51.0 Å². The van der Waals surface area contributed by atoms with E-state index in [0.29, 0.717) is 100 Å². The molecule has 0 amide bonds. The number of carbonyl (C=O) groups excluding carboxylic acids is 2. The van der Waals surface area contributed by atoms with Gasteiger partial charge in [0.1, 0.15) is 42.0 Å². The van der Waals surface area contributed by atoms with Crippen LogP contribution >= 0.6 is 20.2 Å². The number of para-hydroxylation sites is 2. The average molecular weight is 1570 g/mol. The SMILES string of the molecule is CCN(C(C)C)C(C)C.CCOC(=O)/C(C#N)=N\OC(N1CCOCC1)=[N+](C)C.COc1cc(C)[nH]c(=O)c1CCC(=O)c1c(C)n(C(C)c2ccnc(C(F)F)c2)c2ccccc12.COc1cc(C)[nH]c(=O)c1CN.Cc1c(C(=O)O)c2ccccc2n1C(C)c1ccnc(C(F)F)c1.Cl.F[P-](F)(F)(F)(F)F. The first-order chi connectivity index (χ1) is 50.0. The number of rotatable bonds is 20. The Morgan fingerprint density at radius 2 is 1.14 bits per heavy atom. The summed E-state index contributed by atoms with van der Waals surface area (Å²) in [5, 5.41) is 23.4. The van der Waals surface area contributed by atoms with Crippen molar-refractivity contribution >= 4 is 71.5 Å². The molecule has 2 aromatic carbocycles. The molecular weight excluding hydrogens is 1480 g/mol. The van der Waals surface area contributed by atoms with Crippen molar-refractivity contribution in [1.29, 1.82) is 5.26 Å². The van der Waals surface area contributed by atoms with Gasteiger partial charge in [-0.05, 0) is 149 Å². The zero-order valence-corrected chi connectivity index (χ0v) is 64.5. The summed E-state index contributed by atoms with van der Waals surface area (Å²) in [6.07, 6.45) is -2.22. The number of ether oxygens (including phenoxy) is 4. The van der Waals surface area contributed by atoms with Crippen molar-refractivity contribution in [1.82, 2.24) is 38.9 Å². The Balaban J connectivity index is 0.000000364. The number of morpholine rings is 1. The van der Waals surface area contributed by atoms with Gasteiger partial charge in [0.2, 0.25) is 0 Å². The number of aromatic amines is 2. The number of benzene rings is 2. The number of halogens is 11. The first-order valence-corrected chi connectivity index (χ1v) is 35.7. The Bertz CT molecular complexity index is 4570. The third kappa shape index (κ3) is 27.2. The number of carboxylic acids is 1. The number of aromatic nitrogens is 6. The molecule has 0 spiro atoms. The van der Waals surface area contributed by atoms with Crippen molar-refractivity contribution in [2.75, 3.05) is 67.8 Å². The molecule has 1 saturated heterocycles. The van der Waals surface area contributed by atoms with E-state index in [0.717, 1.165) is 34.4 Å². The Morgan fingerprint density at radius 3 is 1.52 bits per heavy atom. The molecule has 5 N–H and O–H groups in total. The van der Waals surface area contributed by atoms with Gasteiger partial charge in [-0.15, -0.1) is 12.4 Å². The molecule has 2 atom stereocenters. The van der Waals surface area contributed by atoms with Gasteiger partial charge in [-0.3, -0.25) is 34.1 Å². The summed E-state index contributed by atoms with van der Waals surface area (Å²) in [5.41, 5.74) is 11.4. The van der Waals surface area contributed by atoms with E-state index >= 15 is 0 Å². The summed E-state index contributed by atoms with van der Waals surface area (Å²) in [6, 6.07) is 27.3. The van der Waals surface area contributed by atoms with Crippen LogP contribution in [0.5, 0.6) is 11.5 Å². The minimum atomic E-state index is -10.7. The number of esters is 1. The number of ketones is 1. The molecule has 108 heavy (non-hydrogen) atoms. The second-order valence-corrected chi connectivity index (χ2v) is 26.8. The first-order valence-electron chi connectivity index (χ1n) is 33.7. The van der Waals surface area contributed by atoms with Gasteiger partial charge in [0, 0.05) is 87.6 Å². The molecule has 2 unspecified atom stereocenters. The van der Waals surface area contributed by atoms with Crippen molar-refractivity contribution < 1.29 is 90.6 Å². The van der Waals surface area contributed by atoms with E-state index < -0.39 is 38.3 Å². The fourth-order valence-corrected chi connectivity index (χ4v) is 11.8. The molecule has 23 nitrogen and oxygen atoms in total. The number of nitrogens with one attached hydrogen (secondary N) is 2. The quantitative estimate of drug-likeness (QED) is 0.00806. The van der Waals surface area contributed by atoms with Gasteiger partial charge in [0.15, 0.2) is 5.78 Å². The Hall–Kier alpha value is -9.74. The van der Waals surface area contributed by atoms with Crippen molar-refractivity contribution in [3.05, 3.63) is 186 Å². The van der Waals surface area contributed by atoms with Gasteiger partial charge in [-0.2, -0.15) is 5.26 Å². The van der Waals surface area contributed by atoms with Crippen LogP contribution in [0.1, 0.15) is 164 Å². The van der Waals surface area contributed by atoms with Gasteiger partial charge in [-0.25, -0.2) is 36.6 Å². The van der Waals surface area contributed by atoms with E-state index in [1.807, 2.05) is 71.2 Å². The zero-order chi connectivity index (χ0) is 80.6. The number of fused-ring (bicyclic) bond motifs is 2. The number of methoxy groups -OCH3 is 2. The number of carboxylic acid groups (broad SMARTS) is 1. The molecule has 7 heterocycles. The van der Waals surface area contributed by atoms with Crippen molar-refractivity contribution in [2.45, 2.75) is 139 Å². The predicted octanol–water partition coefficient (Wildman–Crippen LogP) is 15.8. The van der Waals surface area contributed by atoms with Crippen LogP contribution in [0.2, 0.25) is 0 Å². The molecule has 0 aliphatic carbocycles. The number of nitrogens with zero attached hydrogens (tertiary/aromatic N) is 9. The summed E-state index contributed by atoms with van der Waals surface area (Å²) < 4.78 is 137. The fraction of sp³-hybridized carbons (Fsp3) is 0.425. The number of nitrogens with two attached hydrogens (primary N) is 1. The van der Waals surface area contributed by atoms with Crippen LogP contribution in [0.3, 0.4) is 0 Å². The standard InChI is InChI=1S/C27H27F2N3O3.C18H16F2N2O2.C12H19N4O4.C8H12N2O2.C8H19N.ClH.F6P/c1-15-13-24(35-4)20(27(34)31-15)9-10-23(33)25-17(3)32(22-8-6-5-7-19(22)25)16(2)18-11-12-30-21(14-18)26(28)29;1-10(12-7-8-21-14(9-12)17(19)20)22-11(2)16(18(23)24)13-5-3-4-6-15(13)22;1-4-19-11(17)10(9-13)14-20-12(15(2)3)16-5-7-18-8-6-16;1-5-3-7(12-2)6(4-9)8(11)10-5;1-6-9(7(2)3)8(4)5;;1-7(2,3,4,5)6/h5-8,11-14,16,26H,9-10H2,1-4H3,(H,31,34);3-10,17H,1-2H3,(H,23,24);4-8H2,1-3H3;3H,4,9H2,1-2H3,(H,10,11);7-8H,6H2,1-5H3;1H;/q;;+1;;;;-1/b;;14-10-;;;;. The molecule has 0 radical (unpaired) electrons. The fourth-order valence-electron chi connectivity index (χ4n) is 11.8. The Kier molecular flexibility index (Phi) is 34.6. The topological polar surface area (TPSA) is 291 Å². The second kappa shape index (κ2) is 40.5. The molecule has 8 aromatic rings. The number of aromatic carboxylic acids is 1. The number of H-pyrrole nitrogens is 2. The van der Waals surface area contributed by atoms with Crippen LogP contribution in [0.25, 0.3) is 21.8 Å². The van der Waals surface area contributed by atoms with Gasteiger partial charge in [0.25, 0.3) is 29.7 Å². The summed E-state index contributed by atoms with van der Waals surface area (Å²) in [7, 11) is -4.06. The number of amidine groups is 1. The zero-order valence-electron chi connectivity index (χ0n) is 62.8. The molecule has 0 saturated carbocycles. The monoisotopic (exact) mass is 1570 g/mol. The molecule has 35 heteroatoms. The average Bonchev–Trinajstić information content (AvgIpc) is 1.62. The molecule has 9 rings (SSSR count). The minimum absolute atomic E-state index is 0. The van der Waals surface area contributed by atoms with E-state index in [4.69, 9.17) is 34.8 Å². The van der Waals surface area contributed by atoms with Crippen LogP contribution < -0.4 is 26.3 Å². The number of nitriles is 1. The molecule has 594 valence electrons. The molecular formula is C73H94ClF10N12O11P. The Morgan fingerprint density at radius 1 is 0.713 bits per heavy atom. The van der Waals surface area contributed by atoms with Crippen LogP contribution in [0.4, 0.5) is 42.7 Å². The van der Waals surface area contributed by atoms with E-state index in [1.165, 1.54) is 38.7 Å². The van der Waals surface area contributed by atoms with E-state index in [9.17, 15) is 71.8 Å². The molecule has 1 aliphatic rings. The summed E-state index contributed by atoms with van der Waals surface area (Å²) in [4.78, 5) is 82.7. The first kappa shape index (κ1) is 92.5. The van der Waals surface area contributed by atoms with Crippen molar-refractivity contribution in [3.63, 3.8) is 0 Å². The number of oxime groups is 1.